The molecule has 114 valence electrons. The zero-order chi connectivity index (χ0) is 16.3. The second-order valence-corrected chi connectivity index (χ2v) is 4.45. The number of hydrogen-bond donors (Lipinski definition) is 0. The highest BCUT2D eigenvalue weighted by Crippen LogP contribution is 2.31. The minimum Gasteiger partial charge on any atom is -0.493 e. The lowest BCUT2D eigenvalue weighted by molar-refractivity contribution is -0.384. The van der Waals surface area contributed by atoms with Gasteiger partial charge in [-0.2, -0.15) is 0 Å². The van der Waals surface area contributed by atoms with Crippen molar-refractivity contribution in [3.63, 3.8) is 0 Å². The average molecular weight is 305 g/mol. The van der Waals surface area contributed by atoms with Crippen LogP contribution in [0.2, 0.25) is 0 Å². The average Bonchev–Trinajstić information content (AvgIpc) is 2.49. The number of benzene rings is 2. The zero-order valence-electron chi connectivity index (χ0n) is 11.8. The predicted molar refractivity (Wildman–Crippen MR) is 75.7 cm³/mol. The molecule has 0 bridgehead atoms. The molecule has 0 atom stereocenters. The van der Waals surface area contributed by atoms with Crippen LogP contribution in [0.3, 0.4) is 0 Å². The normalized spacial score (nSPS) is 10.1. The molecule has 0 saturated carbocycles. The van der Waals surface area contributed by atoms with Gasteiger partial charge in [0.05, 0.1) is 23.7 Å². The van der Waals surface area contributed by atoms with Gasteiger partial charge in [0.15, 0.2) is 11.5 Å². The summed E-state index contributed by atoms with van der Waals surface area (Å²) >= 11 is 0. The van der Waals surface area contributed by atoms with E-state index in [0.717, 1.165) is 12.1 Å². The van der Waals surface area contributed by atoms with Crippen molar-refractivity contribution in [3.8, 4) is 11.5 Å². The fourth-order valence-corrected chi connectivity index (χ4v) is 1.74. The van der Waals surface area contributed by atoms with E-state index in [9.17, 15) is 19.3 Å². The summed E-state index contributed by atoms with van der Waals surface area (Å²) in [6, 6.07) is 7.50. The summed E-state index contributed by atoms with van der Waals surface area (Å²) in [5, 5.41) is 10.8. The van der Waals surface area contributed by atoms with Crippen LogP contribution in [0.15, 0.2) is 36.4 Å². The van der Waals surface area contributed by atoms with Crippen molar-refractivity contribution in [2.75, 3.05) is 7.11 Å². The van der Waals surface area contributed by atoms with E-state index >= 15 is 0 Å². The predicted octanol–water partition coefficient (Wildman–Crippen LogP) is 3.27. The molecule has 0 spiro atoms. The standard InChI is InChI=1S/C15H12FNO5/c1-9-3-4-10(7-12(9)16)15(18)22-14-8-11(17(19)20)5-6-13(14)21-2/h3-8H,1-2H3. The first-order valence-electron chi connectivity index (χ1n) is 6.23. The number of nitro benzene ring substituents is 1. The summed E-state index contributed by atoms with van der Waals surface area (Å²) in [6.07, 6.45) is 0. The van der Waals surface area contributed by atoms with Crippen LogP contribution in [-0.2, 0) is 0 Å². The van der Waals surface area contributed by atoms with E-state index in [2.05, 4.69) is 0 Å². The quantitative estimate of drug-likeness (QED) is 0.375. The zero-order valence-corrected chi connectivity index (χ0v) is 11.8. The van der Waals surface area contributed by atoms with Gasteiger partial charge in [-0.15, -0.1) is 0 Å². The molecule has 0 aliphatic heterocycles. The van der Waals surface area contributed by atoms with Crippen molar-refractivity contribution in [3.05, 3.63) is 63.5 Å². The van der Waals surface area contributed by atoms with Gasteiger partial charge in [0, 0.05) is 6.07 Å². The van der Waals surface area contributed by atoms with Gasteiger partial charge in [0.25, 0.3) is 5.69 Å². The third-order valence-corrected chi connectivity index (χ3v) is 2.97. The molecule has 2 aromatic rings. The van der Waals surface area contributed by atoms with Gasteiger partial charge in [-0.3, -0.25) is 10.1 Å². The molecule has 0 amide bonds. The highest BCUT2D eigenvalue weighted by molar-refractivity contribution is 5.91. The van der Waals surface area contributed by atoms with E-state index < -0.39 is 16.7 Å². The minimum atomic E-state index is -0.835. The molecule has 0 aromatic heterocycles. The van der Waals surface area contributed by atoms with E-state index in [1.54, 1.807) is 6.92 Å². The Morgan fingerprint density at radius 3 is 2.50 bits per heavy atom. The highest BCUT2D eigenvalue weighted by Gasteiger charge is 2.17. The van der Waals surface area contributed by atoms with E-state index in [-0.39, 0.29) is 22.7 Å². The number of halogens is 1. The molecule has 0 aliphatic carbocycles. The van der Waals surface area contributed by atoms with Crippen molar-refractivity contribution in [1.29, 1.82) is 0 Å². The Bertz CT molecular complexity index is 745. The van der Waals surface area contributed by atoms with Crippen molar-refractivity contribution in [2.45, 2.75) is 6.92 Å². The Balaban J connectivity index is 2.32. The lowest BCUT2D eigenvalue weighted by Crippen LogP contribution is -2.10. The van der Waals surface area contributed by atoms with Crippen molar-refractivity contribution < 1.29 is 23.6 Å². The van der Waals surface area contributed by atoms with Crippen LogP contribution in [0.25, 0.3) is 0 Å². The number of non-ortho nitro benzene ring substituents is 1. The number of rotatable bonds is 4. The topological polar surface area (TPSA) is 78.7 Å². The van der Waals surface area contributed by atoms with Crippen LogP contribution < -0.4 is 9.47 Å². The summed E-state index contributed by atoms with van der Waals surface area (Å²) in [5.74, 6) is -1.33. The summed E-state index contributed by atoms with van der Waals surface area (Å²) in [7, 11) is 1.34. The fourth-order valence-electron chi connectivity index (χ4n) is 1.74. The Labute approximate surface area is 125 Å². The number of nitrogens with zero attached hydrogens (tertiary/aromatic N) is 1. The number of aryl methyl sites for hydroxylation is 1. The molecule has 0 unspecified atom stereocenters. The lowest BCUT2D eigenvalue weighted by Gasteiger charge is -2.09. The van der Waals surface area contributed by atoms with Gasteiger partial charge in [0.1, 0.15) is 5.82 Å². The minimum absolute atomic E-state index is 0.00309. The number of hydrogen-bond acceptors (Lipinski definition) is 5. The first kappa shape index (κ1) is 15.4. The van der Waals surface area contributed by atoms with Crippen molar-refractivity contribution in [1.82, 2.24) is 0 Å². The van der Waals surface area contributed by atoms with E-state index in [0.29, 0.717) is 5.56 Å². The largest absolute Gasteiger partial charge is 0.493 e. The number of esters is 1. The highest BCUT2D eigenvalue weighted by atomic mass is 19.1. The van der Waals surface area contributed by atoms with Crippen LogP contribution >= 0.6 is 0 Å². The van der Waals surface area contributed by atoms with Crippen LogP contribution in [0.5, 0.6) is 11.5 Å². The maximum absolute atomic E-state index is 13.5. The number of nitro groups is 1. The molecule has 0 heterocycles. The lowest BCUT2D eigenvalue weighted by atomic mass is 10.1. The molecule has 0 aliphatic rings. The number of carbonyl (C=O) groups is 1. The van der Waals surface area contributed by atoms with Crippen LogP contribution in [-0.4, -0.2) is 18.0 Å². The Kier molecular flexibility index (Phi) is 4.36. The Morgan fingerprint density at radius 1 is 1.18 bits per heavy atom. The smallest absolute Gasteiger partial charge is 0.343 e. The van der Waals surface area contributed by atoms with Gasteiger partial charge >= 0.3 is 5.97 Å². The molecule has 22 heavy (non-hydrogen) atoms. The summed E-state index contributed by atoms with van der Waals surface area (Å²) in [4.78, 5) is 22.2. The molecule has 0 fully saturated rings. The SMILES string of the molecule is COc1ccc([N+](=O)[O-])cc1OC(=O)c1ccc(C)c(F)c1. The molecule has 6 nitrogen and oxygen atoms in total. The van der Waals surface area contributed by atoms with Gasteiger partial charge in [-0.25, -0.2) is 9.18 Å². The molecular weight excluding hydrogens is 293 g/mol. The molecule has 2 rings (SSSR count). The van der Waals surface area contributed by atoms with Crippen LogP contribution in [0, 0.1) is 22.9 Å². The first-order chi connectivity index (χ1) is 10.4. The van der Waals surface area contributed by atoms with Crippen LogP contribution in [0.1, 0.15) is 15.9 Å². The molecule has 0 N–H and O–H groups in total. The molecule has 2 aromatic carbocycles. The second kappa shape index (κ2) is 6.21. The van der Waals surface area contributed by atoms with E-state index in [1.165, 1.54) is 31.4 Å². The molecule has 0 radical (unpaired) electrons. The van der Waals surface area contributed by atoms with Gasteiger partial charge in [-0.1, -0.05) is 6.07 Å². The number of methoxy groups -OCH3 is 1. The van der Waals surface area contributed by atoms with Crippen molar-refractivity contribution >= 4 is 11.7 Å². The maximum atomic E-state index is 13.5. The van der Waals surface area contributed by atoms with Crippen molar-refractivity contribution in [2.24, 2.45) is 0 Å². The summed E-state index contributed by atoms with van der Waals surface area (Å²) < 4.78 is 23.5. The monoisotopic (exact) mass is 305 g/mol. The Morgan fingerprint density at radius 2 is 1.91 bits per heavy atom. The fraction of sp³-hybridized carbons (Fsp3) is 0.133. The van der Waals surface area contributed by atoms with E-state index in [1.807, 2.05) is 0 Å². The van der Waals surface area contributed by atoms with Crippen LogP contribution in [0.4, 0.5) is 10.1 Å². The second-order valence-electron chi connectivity index (χ2n) is 4.45. The maximum Gasteiger partial charge on any atom is 0.343 e. The first-order valence-corrected chi connectivity index (χ1v) is 6.23. The Hall–Kier alpha value is -2.96. The van der Waals surface area contributed by atoms with E-state index in [4.69, 9.17) is 9.47 Å². The van der Waals surface area contributed by atoms with Gasteiger partial charge in [0.2, 0.25) is 0 Å². The molecule has 0 saturated heterocycles. The van der Waals surface area contributed by atoms with Gasteiger partial charge in [-0.05, 0) is 30.7 Å². The summed E-state index contributed by atoms with van der Waals surface area (Å²) in [5.41, 5.74) is 0.139. The number of ether oxygens (including phenoxy) is 2. The van der Waals surface area contributed by atoms with Gasteiger partial charge < -0.3 is 9.47 Å². The number of carbonyl (C=O) groups excluding carboxylic acids is 1. The molecule has 7 heteroatoms. The third-order valence-electron chi connectivity index (χ3n) is 2.97. The molecular formula is C15H12FNO5. The summed E-state index contributed by atoms with van der Waals surface area (Å²) in [6.45, 7) is 1.56. The third kappa shape index (κ3) is 3.20.